The molecule has 0 amide bonds. The van der Waals surface area contributed by atoms with E-state index in [1.807, 2.05) is 0 Å². The SMILES string of the molecule is CC/C=C\C/C=C\C/C=C\C/C=C\C/C=C\C/C=C\CCCCC(=O)OC(COCCCCCCCCCCC/C=C\C/C=C\C/C=C\C/C=C\CC)COP(=O)(O)OCC(O)CO. The lowest BCUT2D eigenvalue weighted by molar-refractivity contribution is -0.154. The van der Waals surface area contributed by atoms with Crippen LogP contribution in [0, 0.1) is 0 Å². The second-order valence-corrected chi connectivity index (χ2v) is 17.2. The number of hydrogen-bond donors (Lipinski definition) is 3. The molecule has 0 saturated heterocycles. The summed E-state index contributed by atoms with van der Waals surface area (Å²) in [6.07, 6.45) is 65.9. The first-order chi connectivity index (χ1) is 31.3. The summed E-state index contributed by atoms with van der Waals surface area (Å²) in [7, 11) is -4.55. The van der Waals surface area contributed by atoms with Crippen molar-refractivity contribution in [3.8, 4) is 0 Å². The van der Waals surface area contributed by atoms with Gasteiger partial charge in [0.1, 0.15) is 12.2 Å². The molecular formula is C54H89O9P. The van der Waals surface area contributed by atoms with Gasteiger partial charge in [0.25, 0.3) is 0 Å². The van der Waals surface area contributed by atoms with Crippen molar-refractivity contribution in [1.29, 1.82) is 0 Å². The summed E-state index contributed by atoms with van der Waals surface area (Å²) in [4.78, 5) is 22.7. The Morgan fingerprint density at radius 3 is 1.27 bits per heavy atom. The van der Waals surface area contributed by atoms with Crippen LogP contribution >= 0.6 is 7.82 Å². The number of allylic oxidation sites excluding steroid dienone is 20. The summed E-state index contributed by atoms with van der Waals surface area (Å²) in [5.41, 5.74) is 0. The van der Waals surface area contributed by atoms with Gasteiger partial charge >= 0.3 is 13.8 Å². The summed E-state index contributed by atoms with van der Waals surface area (Å²) in [6, 6.07) is 0. The number of carbonyl (C=O) groups is 1. The molecule has 0 aliphatic rings. The number of hydrogen-bond acceptors (Lipinski definition) is 8. The van der Waals surface area contributed by atoms with Gasteiger partial charge in [0.05, 0.1) is 26.4 Å². The average molecular weight is 913 g/mol. The van der Waals surface area contributed by atoms with Crippen molar-refractivity contribution < 1.29 is 43.0 Å². The van der Waals surface area contributed by atoms with E-state index in [2.05, 4.69) is 135 Å². The summed E-state index contributed by atoms with van der Waals surface area (Å²) < 4.78 is 33.4. The molecule has 0 aliphatic carbocycles. The number of aliphatic hydroxyl groups is 2. The van der Waals surface area contributed by atoms with Gasteiger partial charge in [-0.1, -0.05) is 180 Å². The zero-order chi connectivity index (χ0) is 46.7. The van der Waals surface area contributed by atoms with Crippen molar-refractivity contribution in [2.45, 2.75) is 180 Å². The summed E-state index contributed by atoms with van der Waals surface area (Å²) in [6.45, 7) is 3.19. The molecule has 0 heterocycles. The maximum atomic E-state index is 12.7. The van der Waals surface area contributed by atoms with Crippen LogP contribution < -0.4 is 0 Å². The van der Waals surface area contributed by atoms with Crippen molar-refractivity contribution in [3.63, 3.8) is 0 Å². The molecule has 64 heavy (non-hydrogen) atoms. The Bertz CT molecular complexity index is 1400. The minimum Gasteiger partial charge on any atom is -0.457 e. The number of unbranched alkanes of at least 4 members (excludes halogenated alkanes) is 11. The van der Waals surface area contributed by atoms with E-state index >= 15 is 0 Å². The van der Waals surface area contributed by atoms with Gasteiger partial charge in [-0.25, -0.2) is 4.57 Å². The highest BCUT2D eigenvalue weighted by Gasteiger charge is 2.26. The Hall–Kier alpha value is -3.14. The Morgan fingerprint density at radius 2 is 0.844 bits per heavy atom. The molecule has 0 rings (SSSR count). The highest BCUT2D eigenvalue weighted by molar-refractivity contribution is 7.47. The molecule has 0 bridgehead atoms. The lowest BCUT2D eigenvalue weighted by atomic mass is 10.1. The number of carbonyl (C=O) groups excluding carboxylic acids is 1. The zero-order valence-corrected chi connectivity index (χ0v) is 40.8. The molecule has 0 saturated carbocycles. The molecule has 0 radical (unpaired) electrons. The molecule has 364 valence electrons. The van der Waals surface area contributed by atoms with Crippen LogP contribution in [0.2, 0.25) is 0 Å². The lowest BCUT2D eigenvalue weighted by Crippen LogP contribution is -2.29. The van der Waals surface area contributed by atoms with Crippen LogP contribution in [0.4, 0.5) is 0 Å². The van der Waals surface area contributed by atoms with Crippen LogP contribution in [-0.2, 0) is 27.9 Å². The van der Waals surface area contributed by atoms with Crippen molar-refractivity contribution >= 4 is 13.8 Å². The van der Waals surface area contributed by atoms with E-state index in [1.54, 1.807) is 0 Å². The first-order valence-electron chi connectivity index (χ1n) is 24.5. The molecule has 10 heteroatoms. The quantitative estimate of drug-likeness (QED) is 0.0236. The number of rotatable bonds is 45. The Balaban J connectivity index is 4.23. The maximum absolute atomic E-state index is 12.7. The van der Waals surface area contributed by atoms with Gasteiger partial charge in [0, 0.05) is 13.0 Å². The Labute approximate surface area is 390 Å². The normalized spacial score (nSPS) is 14.9. The second kappa shape index (κ2) is 49.3. The summed E-state index contributed by atoms with van der Waals surface area (Å²) >= 11 is 0. The number of phosphoric ester groups is 1. The summed E-state index contributed by atoms with van der Waals surface area (Å²) in [5, 5.41) is 18.4. The van der Waals surface area contributed by atoms with Crippen LogP contribution in [0.5, 0.6) is 0 Å². The molecule has 0 aromatic heterocycles. The average Bonchev–Trinajstić information content (AvgIpc) is 3.29. The standard InChI is InChI=1S/C54H89O9P/c1-3-5-7-9-11-13-15-17-19-21-23-25-27-29-31-33-35-37-39-41-43-45-47-60-50-53(51-62-64(58,59)61-49-52(56)48-55)63-54(57)46-44-42-40-38-36-34-32-30-28-26-24-22-20-18-16-14-12-10-8-6-4-2/h5-8,11-14,17-20,23-26,30,32,36,38,52-53,55-56H,3-4,9-10,15-16,21-22,27-29,31,33-35,37,39-51H2,1-2H3,(H,58,59)/b7-5-,8-6-,13-11-,14-12-,19-17-,20-18-,25-23-,26-24-,32-30-,38-36-. The molecule has 0 aromatic carbocycles. The molecule has 3 atom stereocenters. The van der Waals surface area contributed by atoms with Gasteiger partial charge in [0.15, 0.2) is 0 Å². The number of esters is 1. The van der Waals surface area contributed by atoms with Gasteiger partial charge in [0.2, 0.25) is 0 Å². The van der Waals surface area contributed by atoms with E-state index in [1.165, 1.54) is 38.5 Å². The van der Waals surface area contributed by atoms with Crippen LogP contribution in [0.3, 0.4) is 0 Å². The van der Waals surface area contributed by atoms with Crippen molar-refractivity contribution in [1.82, 2.24) is 0 Å². The monoisotopic (exact) mass is 913 g/mol. The zero-order valence-electron chi connectivity index (χ0n) is 39.9. The highest BCUT2D eigenvalue weighted by atomic mass is 31.2. The van der Waals surface area contributed by atoms with E-state index in [0.29, 0.717) is 13.0 Å². The van der Waals surface area contributed by atoms with Crippen LogP contribution in [0.15, 0.2) is 122 Å². The fourth-order valence-corrected chi connectivity index (χ4v) is 6.79. The van der Waals surface area contributed by atoms with E-state index < -0.39 is 45.8 Å². The highest BCUT2D eigenvalue weighted by Crippen LogP contribution is 2.43. The molecule has 9 nitrogen and oxygen atoms in total. The van der Waals surface area contributed by atoms with Crippen LogP contribution in [0.25, 0.3) is 0 Å². The van der Waals surface area contributed by atoms with Gasteiger partial charge in [-0.3, -0.25) is 13.8 Å². The van der Waals surface area contributed by atoms with E-state index in [-0.39, 0.29) is 13.0 Å². The van der Waals surface area contributed by atoms with E-state index in [4.69, 9.17) is 23.6 Å². The number of ether oxygens (including phenoxy) is 2. The van der Waals surface area contributed by atoms with Gasteiger partial charge in [-0.05, 0) is 103 Å². The van der Waals surface area contributed by atoms with Crippen LogP contribution in [0.1, 0.15) is 168 Å². The third-order valence-electron chi connectivity index (χ3n) is 9.64. The summed E-state index contributed by atoms with van der Waals surface area (Å²) in [5.74, 6) is -0.431. The minimum atomic E-state index is -4.55. The van der Waals surface area contributed by atoms with Gasteiger partial charge in [-0.15, -0.1) is 0 Å². The first kappa shape index (κ1) is 60.9. The Kier molecular flexibility index (Phi) is 46.9. The van der Waals surface area contributed by atoms with Gasteiger partial charge in [-0.2, -0.15) is 0 Å². The Morgan fingerprint density at radius 1 is 0.484 bits per heavy atom. The number of phosphoric acid groups is 1. The fourth-order valence-electron chi connectivity index (χ4n) is 6.00. The van der Waals surface area contributed by atoms with E-state index in [9.17, 15) is 19.4 Å². The third kappa shape index (κ3) is 48.3. The second-order valence-electron chi connectivity index (χ2n) is 15.7. The molecule has 0 aromatic rings. The molecular weight excluding hydrogens is 824 g/mol. The van der Waals surface area contributed by atoms with Crippen molar-refractivity contribution in [2.75, 3.05) is 33.0 Å². The predicted molar refractivity (Wildman–Crippen MR) is 269 cm³/mol. The van der Waals surface area contributed by atoms with E-state index in [0.717, 1.165) is 103 Å². The minimum absolute atomic E-state index is 0.0183. The smallest absolute Gasteiger partial charge is 0.457 e. The van der Waals surface area contributed by atoms with Gasteiger partial charge < -0.3 is 24.6 Å². The van der Waals surface area contributed by atoms with Crippen molar-refractivity contribution in [3.05, 3.63) is 122 Å². The first-order valence-corrected chi connectivity index (χ1v) is 26.0. The fraction of sp³-hybridized carbons (Fsp3) is 0.611. The van der Waals surface area contributed by atoms with Crippen molar-refractivity contribution in [2.24, 2.45) is 0 Å². The largest absolute Gasteiger partial charge is 0.472 e. The van der Waals surface area contributed by atoms with Crippen LogP contribution in [-0.4, -0.2) is 66.3 Å². The molecule has 0 fully saturated rings. The molecule has 0 aliphatic heterocycles. The molecule has 3 N–H and O–H groups in total. The lowest BCUT2D eigenvalue weighted by Gasteiger charge is -2.20. The molecule has 3 unspecified atom stereocenters. The number of aliphatic hydroxyl groups excluding tert-OH is 2. The maximum Gasteiger partial charge on any atom is 0.472 e. The predicted octanol–water partition coefficient (Wildman–Crippen LogP) is 14.4. The topological polar surface area (TPSA) is 132 Å². The third-order valence-corrected chi connectivity index (χ3v) is 10.6. The molecule has 0 spiro atoms.